The third-order valence-corrected chi connectivity index (χ3v) is 3.53. The van der Waals surface area contributed by atoms with E-state index in [4.69, 9.17) is 23.2 Å². The second kappa shape index (κ2) is 4.44. The number of imide groups is 1. The van der Waals surface area contributed by atoms with Gasteiger partial charge in [-0.1, -0.05) is 29.3 Å². The Hall–Kier alpha value is -1.26. The quantitative estimate of drug-likeness (QED) is 0.850. The van der Waals surface area contributed by atoms with E-state index in [-0.39, 0.29) is 12.5 Å². The average Bonchev–Trinajstić information content (AvgIpc) is 2.45. The van der Waals surface area contributed by atoms with Gasteiger partial charge in [0.15, 0.2) is 0 Å². The highest BCUT2D eigenvalue weighted by Gasteiger charge is 2.44. The molecule has 0 aromatic heterocycles. The van der Waals surface area contributed by atoms with Crippen LogP contribution in [-0.4, -0.2) is 22.4 Å². The van der Waals surface area contributed by atoms with Crippen LogP contribution in [0.2, 0.25) is 10.0 Å². The maximum Gasteiger partial charge on any atom is 0.325 e. The van der Waals surface area contributed by atoms with Crippen LogP contribution in [0.3, 0.4) is 0 Å². The van der Waals surface area contributed by atoms with E-state index >= 15 is 0 Å². The molecule has 0 radical (unpaired) electrons. The van der Waals surface area contributed by atoms with Crippen LogP contribution in [0.15, 0.2) is 18.2 Å². The van der Waals surface area contributed by atoms with E-state index in [9.17, 15) is 9.59 Å². The van der Waals surface area contributed by atoms with Crippen molar-refractivity contribution < 1.29 is 9.59 Å². The average molecular weight is 287 g/mol. The lowest BCUT2D eigenvalue weighted by Gasteiger charge is -2.17. The molecule has 3 amide bonds. The Morgan fingerprint density at radius 1 is 1.22 bits per heavy atom. The van der Waals surface area contributed by atoms with Crippen molar-refractivity contribution in [1.82, 2.24) is 10.2 Å². The summed E-state index contributed by atoms with van der Waals surface area (Å²) in [5.74, 6) is -0.288. The van der Waals surface area contributed by atoms with E-state index in [2.05, 4.69) is 5.32 Å². The summed E-state index contributed by atoms with van der Waals surface area (Å²) in [6.07, 6.45) is 0. The van der Waals surface area contributed by atoms with Crippen LogP contribution in [0.25, 0.3) is 0 Å². The van der Waals surface area contributed by atoms with Crippen molar-refractivity contribution in [2.45, 2.75) is 25.9 Å². The van der Waals surface area contributed by atoms with Gasteiger partial charge >= 0.3 is 6.03 Å². The van der Waals surface area contributed by atoms with Gasteiger partial charge in [0.25, 0.3) is 5.91 Å². The largest absolute Gasteiger partial charge is 0.325 e. The first-order valence-electron chi connectivity index (χ1n) is 5.40. The molecule has 96 valence electrons. The molecule has 2 rings (SSSR count). The molecule has 1 heterocycles. The first-order chi connectivity index (χ1) is 8.33. The number of urea groups is 1. The Balaban J connectivity index is 2.30. The number of hydrogen-bond acceptors (Lipinski definition) is 2. The Labute approximate surface area is 115 Å². The van der Waals surface area contributed by atoms with Gasteiger partial charge in [0.05, 0.1) is 6.54 Å². The molecule has 0 saturated carbocycles. The zero-order valence-electron chi connectivity index (χ0n) is 9.96. The lowest BCUT2D eigenvalue weighted by Crippen LogP contribution is -2.40. The first-order valence-corrected chi connectivity index (χ1v) is 6.15. The molecule has 0 unspecified atom stereocenters. The molecule has 0 spiro atoms. The molecule has 0 aliphatic carbocycles. The molecule has 4 nitrogen and oxygen atoms in total. The van der Waals surface area contributed by atoms with Crippen LogP contribution in [-0.2, 0) is 11.3 Å². The molecule has 1 fully saturated rings. The van der Waals surface area contributed by atoms with E-state index in [1.165, 1.54) is 0 Å². The Morgan fingerprint density at radius 3 is 2.22 bits per heavy atom. The van der Waals surface area contributed by atoms with Crippen molar-refractivity contribution >= 4 is 35.1 Å². The molecule has 1 N–H and O–H groups in total. The van der Waals surface area contributed by atoms with Crippen LogP contribution in [0.4, 0.5) is 4.79 Å². The van der Waals surface area contributed by atoms with Crippen LogP contribution in [0.1, 0.15) is 19.4 Å². The van der Waals surface area contributed by atoms with Gasteiger partial charge in [-0.25, -0.2) is 4.79 Å². The van der Waals surface area contributed by atoms with Gasteiger partial charge in [-0.05, 0) is 26.0 Å². The van der Waals surface area contributed by atoms with Gasteiger partial charge in [-0.15, -0.1) is 0 Å². The fraction of sp³-hybridized carbons (Fsp3) is 0.333. The van der Waals surface area contributed by atoms with Crippen molar-refractivity contribution in [3.05, 3.63) is 33.8 Å². The molecule has 6 heteroatoms. The van der Waals surface area contributed by atoms with Crippen molar-refractivity contribution in [3.63, 3.8) is 0 Å². The highest BCUT2D eigenvalue weighted by atomic mass is 35.5. The molecular formula is C12H12Cl2N2O2. The van der Waals surface area contributed by atoms with E-state index in [1.807, 2.05) is 0 Å². The fourth-order valence-electron chi connectivity index (χ4n) is 1.80. The standard InChI is InChI=1S/C12H12Cl2N2O2/c1-12(2)10(17)16(11(18)15-12)6-7-8(13)4-3-5-9(7)14/h3-5H,6H2,1-2H3,(H,15,18). The third-order valence-electron chi connectivity index (χ3n) is 2.82. The van der Waals surface area contributed by atoms with Crippen molar-refractivity contribution in [3.8, 4) is 0 Å². The first kappa shape index (κ1) is 13.2. The maximum absolute atomic E-state index is 12.0. The lowest BCUT2D eigenvalue weighted by atomic mass is 10.1. The zero-order valence-corrected chi connectivity index (χ0v) is 11.5. The number of amides is 3. The molecule has 1 aromatic rings. The number of carbonyl (C=O) groups excluding carboxylic acids is 2. The highest BCUT2D eigenvalue weighted by molar-refractivity contribution is 6.36. The molecule has 0 atom stereocenters. The van der Waals surface area contributed by atoms with Crippen LogP contribution >= 0.6 is 23.2 Å². The van der Waals surface area contributed by atoms with Crippen molar-refractivity contribution in [2.24, 2.45) is 0 Å². The minimum Gasteiger partial charge on any atom is -0.324 e. The summed E-state index contributed by atoms with van der Waals surface area (Å²) in [7, 11) is 0. The second-order valence-corrected chi connectivity index (χ2v) is 5.46. The second-order valence-electron chi connectivity index (χ2n) is 4.65. The molecule has 0 bridgehead atoms. The maximum atomic E-state index is 12.0. The topological polar surface area (TPSA) is 49.4 Å². The predicted octanol–water partition coefficient (Wildman–Crippen LogP) is 2.82. The van der Waals surface area contributed by atoms with E-state index in [0.717, 1.165) is 4.90 Å². The van der Waals surface area contributed by atoms with Crippen LogP contribution in [0.5, 0.6) is 0 Å². The summed E-state index contributed by atoms with van der Waals surface area (Å²) >= 11 is 12.0. The number of nitrogens with one attached hydrogen (secondary N) is 1. The Kier molecular flexibility index (Phi) is 3.25. The van der Waals surface area contributed by atoms with Gasteiger partial charge in [0, 0.05) is 15.6 Å². The predicted molar refractivity (Wildman–Crippen MR) is 69.6 cm³/mol. The summed E-state index contributed by atoms with van der Waals surface area (Å²) in [5.41, 5.74) is -0.313. The summed E-state index contributed by atoms with van der Waals surface area (Å²) < 4.78 is 0. The van der Waals surface area contributed by atoms with Crippen molar-refractivity contribution in [1.29, 1.82) is 0 Å². The van der Waals surface area contributed by atoms with E-state index < -0.39 is 11.6 Å². The molecule has 18 heavy (non-hydrogen) atoms. The van der Waals surface area contributed by atoms with Gasteiger partial charge in [0.1, 0.15) is 5.54 Å². The fourth-order valence-corrected chi connectivity index (χ4v) is 2.32. The van der Waals surface area contributed by atoms with Gasteiger partial charge in [0.2, 0.25) is 0 Å². The molecule has 1 aliphatic rings. The Morgan fingerprint density at radius 2 is 1.78 bits per heavy atom. The molecule has 1 saturated heterocycles. The van der Waals surface area contributed by atoms with Crippen LogP contribution in [0, 0.1) is 0 Å². The summed E-state index contributed by atoms with van der Waals surface area (Å²) in [4.78, 5) is 24.9. The minimum absolute atomic E-state index is 0.0760. The number of rotatable bonds is 2. The summed E-state index contributed by atoms with van der Waals surface area (Å²) in [6, 6.07) is 4.63. The van der Waals surface area contributed by atoms with Crippen molar-refractivity contribution in [2.75, 3.05) is 0 Å². The SMILES string of the molecule is CC1(C)NC(=O)N(Cc2c(Cl)cccc2Cl)C1=O. The molecule has 1 aliphatic heterocycles. The number of halogens is 2. The number of carbonyl (C=O) groups is 2. The molecular weight excluding hydrogens is 275 g/mol. The summed E-state index contributed by atoms with van der Waals surface area (Å²) in [5, 5.41) is 3.48. The van der Waals surface area contributed by atoms with Crippen LogP contribution < -0.4 is 5.32 Å². The zero-order chi connectivity index (χ0) is 13.5. The Bertz CT molecular complexity index is 509. The highest BCUT2D eigenvalue weighted by Crippen LogP contribution is 2.28. The number of hydrogen-bond donors (Lipinski definition) is 1. The number of nitrogens with zero attached hydrogens (tertiary/aromatic N) is 1. The lowest BCUT2D eigenvalue weighted by molar-refractivity contribution is -0.130. The minimum atomic E-state index is -0.884. The van der Waals surface area contributed by atoms with Gasteiger partial charge < -0.3 is 5.32 Å². The van der Waals surface area contributed by atoms with E-state index in [0.29, 0.717) is 15.6 Å². The van der Waals surface area contributed by atoms with E-state index in [1.54, 1.807) is 32.0 Å². The normalized spacial score (nSPS) is 18.1. The smallest absolute Gasteiger partial charge is 0.324 e. The van der Waals surface area contributed by atoms with Gasteiger partial charge in [-0.3, -0.25) is 9.69 Å². The monoisotopic (exact) mass is 286 g/mol. The number of benzene rings is 1. The molecule has 1 aromatic carbocycles. The summed E-state index contributed by atoms with van der Waals surface area (Å²) in [6.45, 7) is 3.38. The van der Waals surface area contributed by atoms with Gasteiger partial charge in [-0.2, -0.15) is 0 Å². The third kappa shape index (κ3) is 2.18.